The predicted octanol–water partition coefficient (Wildman–Crippen LogP) is 3.80. The summed E-state index contributed by atoms with van der Waals surface area (Å²) in [5, 5.41) is 0. The van der Waals surface area contributed by atoms with E-state index in [1.165, 1.54) is 12.3 Å². The minimum atomic E-state index is -4.39. The van der Waals surface area contributed by atoms with Crippen molar-refractivity contribution in [3.8, 4) is 11.3 Å². The van der Waals surface area contributed by atoms with Gasteiger partial charge in [-0.15, -0.1) is 0 Å². The first-order chi connectivity index (χ1) is 10.0. The van der Waals surface area contributed by atoms with Crippen LogP contribution >= 0.6 is 0 Å². The molecule has 1 saturated heterocycles. The van der Waals surface area contributed by atoms with Gasteiger partial charge in [0.05, 0.1) is 25.0 Å². The summed E-state index contributed by atoms with van der Waals surface area (Å²) >= 11 is 0. The summed E-state index contributed by atoms with van der Waals surface area (Å²) in [6, 6.07) is 7.32. The number of halogens is 3. The summed E-state index contributed by atoms with van der Waals surface area (Å²) in [4.78, 5) is 1.89. The first-order valence-corrected chi connectivity index (χ1v) is 6.63. The predicted molar refractivity (Wildman–Crippen MR) is 72.2 cm³/mol. The lowest BCUT2D eigenvalue weighted by Gasteiger charge is -2.29. The molecular formula is C15H14F3NO2. The Labute approximate surface area is 119 Å². The molecule has 112 valence electrons. The van der Waals surface area contributed by atoms with Crippen LogP contribution in [0.1, 0.15) is 5.56 Å². The molecular weight excluding hydrogens is 283 g/mol. The van der Waals surface area contributed by atoms with E-state index in [-0.39, 0.29) is 0 Å². The molecule has 0 unspecified atom stereocenters. The molecule has 0 radical (unpaired) electrons. The topological polar surface area (TPSA) is 25.6 Å². The van der Waals surface area contributed by atoms with Crippen LogP contribution < -0.4 is 4.90 Å². The number of hydrogen-bond donors (Lipinski definition) is 0. The SMILES string of the molecule is FC(F)(F)c1cc(-c2ccco2)cc(N2CCOCC2)c1. The normalized spacial score (nSPS) is 16.2. The molecule has 0 atom stereocenters. The Balaban J connectivity index is 2.04. The van der Waals surface area contributed by atoms with Crippen molar-refractivity contribution in [3.63, 3.8) is 0 Å². The molecule has 2 heterocycles. The van der Waals surface area contributed by atoms with Gasteiger partial charge in [0.15, 0.2) is 0 Å². The second-order valence-corrected chi connectivity index (χ2v) is 4.84. The molecule has 0 spiro atoms. The van der Waals surface area contributed by atoms with Crippen molar-refractivity contribution in [3.05, 3.63) is 42.2 Å². The summed E-state index contributed by atoms with van der Waals surface area (Å²) in [5.74, 6) is 0.426. The number of benzene rings is 1. The lowest BCUT2D eigenvalue weighted by molar-refractivity contribution is -0.137. The van der Waals surface area contributed by atoms with Gasteiger partial charge >= 0.3 is 6.18 Å². The number of nitrogens with zero attached hydrogens (tertiary/aromatic N) is 1. The average Bonchev–Trinajstić information content (AvgIpc) is 3.01. The van der Waals surface area contributed by atoms with E-state index in [1.54, 1.807) is 18.2 Å². The van der Waals surface area contributed by atoms with Gasteiger partial charge in [0, 0.05) is 24.3 Å². The molecule has 0 aliphatic carbocycles. The minimum absolute atomic E-state index is 0.426. The first-order valence-electron chi connectivity index (χ1n) is 6.63. The number of alkyl halides is 3. The number of furan rings is 1. The monoisotopic (exact) mass is 297 g/mol. The molecule has 21 heavy (non-hydrogen) atoms. The standard InChI is InChI=1S/C15H14F3NO2/c16-15(17,18)12-8-11(14-2-1-5-21-14)9-13(10-12)19-3-6-20-7-4-19/h1-2,5,8-10H,3-4,6-7H2. The highest BCUT2D eigenvalue weighted by molar-refractivity contribution is 5.66. The zero-order valence-electron chi connectivity index (χ0n) is 11.2. The van der Waals surface area contributed by atoms with Crippen molar-refractivity contribution in [2.45, 2.75) is 6.18 Å². The summed E-state index contributed by atoms with van der Waals surface area (Å²) in [6.07, 6.45) is -2.94. The molecule has 1 aromatic heterocycles. The minimum Gasteiger partial charge on any atom is -0.464 e. The Bertz CT molecular complexity index is 602. The highest BCUT2D eigenvalue weighted by Crippen LogP contribution is 2.36. The van der Waals surface area contributed by atoms with Crippen LogP contribution in [0.5, 0.6) is 0 Å². The van der Waals surface area contributed by atoms with Crippen LogP contribution in [-0.2, 0) is 10.9 Å². The lowest BCUT2D eigenvalue weighted by Crippen LogP contribution is -2.36. The van der Waals surface area contributed by atoms with Gasteiger partial charge < -0.3 is 14.1 Å². The summed E-state index contributed by atoms with van der Waals surface area (Å²) in [5.41, 5.74) is 0.300. The van der Waals surface area contributed by atoms with Crippen LogP contribution in [0.3, 0.4) is 0 Å². The van der Waals surface area contributed by atoms with Gasteiger partial charge in [0.25, 0.3) is 0 Å². The van der Waals surface area contributed by atoms with Crippen molar-refractivity contribution in [1.82, 2.24) is 0 Å². The van der Waals surface area contributed by atoms with Crippen molar-refractivity contribution in [2.24, 2.45) is 0 Å². The zero-order chi connectivity index (χ0) is 14.9. The van der Waals surface area contributed by atoms with E-state index in [2.05, 4.69) is 0 Å². The molecule has 6 heteroatoms. The Hall–Kier alpha value is -1.95. The Kier molecular flexibility index (Phi) is 3.63. The van der Waals surface area contributed by atoms with Gasteiger partial charge in [-0.2, -0.15) is 13.2 Å². The fourth-order valence-electron chi connectivity index (χ4n) is 2.36. The number of rotatable bonds is 2. The summed E-state index contributed by atoms with van der Waals surface area (Å²) in [7, 11) is 0. The van der Waals surface area contributed by atoms with Crippen LogP contribution in [0.4, 0.5) is 18.9 Å². The molecule has 1 aromatic carbocycles. The Morgan fingerprint density at radius 1 is 1.05 bits per heavy atom. The van der Waals surface area contributed by atoms with Crippen molar-refractivity contribution in [2.75, 3.05) is 31.2 Å². The third-order valence-corrected chi connectivity index (χ3v) is 3.43. The molecule has 0 amide bonds. The Morgan fingerprint density at radius 2 is 1.81 bits per heavy atom. The van der Waals surface area contributed by atoms with E-state index in [4.69, 9.17) is 9.15 Å². The van der Waals surface area contributed by atoms with Crippen LogP contribution in [0.2, 0.25) is 0 Å². The fourth-order valence-corrected chi connectivity index (χ4v) is 2.36. The van der Waals surface area contributed by atoms with Crippen LogP contribution in [0.15, 0.2) is 41.0 Å². The lowest BCUT2D eigenvalue weighted by atomic mass is 10.1. The number of hydrogen-bond acceptors (Lipinski definition) is 3. The number of morpholine rings is 1. The molecule has 1 aliphatic rings. The Morgan fingerprint density at radius 3 is 2.43 bits per heavy atom. The maximum absolute atomic E-state index is 13.1. The van der Waals surface area contributed by atoms with Crippen molar-refractivity contribution >= 4 is 5.69 Å². The smallest absolute Gasteiger partial charge is 0.416 e. The first kappa shape index (κ1) is 14.0. The van der Waals surface area contributed by atoms with Gasteiger partial charge in [-0.1, -0.05) is 0 Å². The quantitative estimate of drug-likeness (QED) is 0.843. The summed E-state index contributed by atoms with van der Waals surface area (Å²) < 4.78 is 49.7. The van der Waals surface area contributed by atoms with Crippen LogP contribution in [-0.4, -0.2) is 26.3 Å². The van der Waals surface area contributed by atoms with Gasteiger partial charge in [0.1, 0.15) is 5.76 Å². The van der Waals surface area contributed by atoms with E-state index in [0.717, 1.165) is 6.07 Å². The molecule has 0 N–H and O–H groups in total. The highest BCUT2D eigenvalue weighted by Gasteiger charge is 2.32. The van der Waals surface area contributed by atoms with Crippen molar-refractivity contribution < 1.29 is 22.3 Å². The van der Waals surface area contributed by atoms with E-state index in [1.807, 2.05) is 4.90 Å². The molecule has 2 aromatic rings. The van der Waals surface area contributed by atoms with E-state index in [0.29, 0.717) is 43.3 Å². The summed E-state index contributed by atoms with van der Waals surface area (Å²) in [6.45, 7) is 2.20. The van der Waals surface area contributed by atoms with E-state index in [9.17, 15) is 13.2 Å². The molecule has 1 aliphatic heterocycles. The number of anilines is 1. The third-order valence-electron chi connectivity index (χ3n) is 3.43. The van der Waals surface area contributed by atoms with Gasteiger partial charge in [-0.25, -0.2) is 0 Å². The van der Waals surface area contributed by atoms with Crippen LogP contribution in [0, 0.1) is 0 Å². The average molecular weight is 297 g/mol. The van der Waals surface area contributed by atoms with Gasteiger partial charge in [-0.3, -0.25) is 0 Å². The number of ether oxygens (including phenoxy) is 1. The van der Waals surface area contributed by atoms with Gasteiger partial charge in [-0.05, 0) is 30.3 Å². The maximum atomic E-state index is 13.1. The van der Waals surface area contributed by atoms with E-state index < -0.39 is 11.7 Å². The molecule has 3 rings (SSSR count). The second-order valence-electron chi connectivity index (χ2n) is 4.84. The zero-order valence-corrected chi connectivity index (χ0v) is 11.2. The van der Waals surface area contributed by atoms with Crippen LogP contribution in [0.25, 0.3) is 11.3 Å². The molecule has 3 nitrogen and oxygen atoms in total. The maximum Gasteiger partial charge on any atom is 0.416 e. The fraction of sp³-hybridized carbons (Fsp3) is 0.333. The molecule has 1 fully saturated rings. The van der Waals surface area contributed by atoms with Crippen molar-refractivity contribution in [1.29, 1.82) is 0 Å². The highest BCUT2D eigenvalue weighted by atomic mass is 19.4. The molecule has 0 bridgehead atoms. The van der Waals surface area contributed by atoms with Gasteiger partial charge in [0.2, 0.25) is 0 Å². The molecule has 0 saturated carbocycles. The van der Waals surface area contributed by atoms with E-state index >= 15 is 0 Å². The second kappa shape index (κ2) is 5.44. The largest absolute Gasteiger partial charge is 0.464 e. The third kappa shape index (κ3) is 3.05.